The number of H-pyrrole nitrogens is 2. The summed E-state index contributed by atoms with van der Waals surface area (Å²) in [5, 5.41) is 11.5. The van der Waals surface area contributed by atoms with E-state index in [0.29, 0.717) is 17.2 Å². The number of hydrogen-bond donors (Lipinski definition) is 3. The van der Waals surface area contributed by atoms with Crippen LogP contribution in [0.15, 0.2) is 43.1 Å². The van der Waals surface area contributed by atoms with Crippen molar-refractivity contribution in [3.8, 4) is 22.8 Å². The number of aromatic nitrogens is 7. The summed E-state index contributed by atoms with van der Waals surface area (Å²) in [5.74, 6) is 0.842. The zero-order valence-corrected chi connectivity index (χ0v) is 21.1. The topological polar surface area (TPSA) is 132 Å². The molecule has 0 bridgehead atoms. The first-order chi connectivity index (χ1) is 18.6. The van der Waals surface area contributed by atoms with Crippen LogP contribution in [0.5, 0.6) is 0 Å². The largest absolute Gasteiger partial charge is 0.366 e. The van der Waals surface area contributed by atoms with Gasteiger partial charge in [-0.2, -0.15) is 5.10 Å². The van der Waals surface area contributed by atoms with Crippen molar-refractivity contribution in [3.63, 3.8) is 0 Å². The first-order valence-electron chi connectivity index (χ1n) is 13.0. The summed E-state index contributed by atoms with van der Waals surface area (Å²) in [5.41, 5.74) is 6.56. The number of carbonyl (C=O) groups excluding carboxylic acids is 1. The molecule has 1 amide bonds. The molecule has 2 aliphatic rings. The highest BCUT2D eigenvalue weighted by atomic mass is 16.1. The third-order valence-electron chi connectivity index (χ3n) is 7.67. The lowest BCUT2D eigenvalue weighted by Gasteiger charge is -2.33. The second kappa shape index (κ2) is 9.18. The maximum Gasteiger partial charge on any atom is 0.227 e. The van der Waals surface area contributed by atoms with Crippen molar-refractivity contribution in [1.29, 1.82) is 0 Å². The number of imidazole rings is 1. The monoisotopic (exact) mass is 508 g/mol. The van der Waals surface area contributed by atoms with E-state index < -0.39 is 0 Å². The third-order valence-corrected chi connectivity index (χ3v) is 7.67. The zero-order chi connectivity index (χ0) is 25.6. The molecule has 0 radical (unpaired) electrons. The fourth-order valence-electron chi connectivity index (χ4n) is 5.13. The van der Waals surface area contributed by atoms with E-state index in [-0.39, 0.29) is 11.8 Å². The minimum atomic E-state index is 0.0612. The molecule has 5 aromatic rings. The van der Waals surface area contributed by atoms with Crippen molar-refractivity contribution >= 4 is 39.2 Å². The molecule has 0 atom stereocenters. The molecule has 0 aromatic carbocycles. The summed E-state index contributed by atoms with van der Waals surface area (Å²) in [4.78, 5) is 38.9. The standard InChI is InChI=1S/C27H28N10O/c1-36-5-7-37(8-6-36)23-15-29-13-22-25(23)33-26(32-22)24-19-10-20(30-14-21(19)34-35-24)17-9-18(12-28-11-17)31-27(38)16-3-2-4-16/h9-16H,2-8H2,1H3,(H,31,38)(H,32,33)(H,34,35). The van der Waals surface area contributed by atoms with E-state index >= 15 is 0 Å². The molecule has 1 aliphatic heterocycles. The number of fused-ring (bicyclic) bond motifs is 2. The van der Waals surface area contributed by atoms with E-state index in [1.54, 1.807) is 18.6 Å². The van der Waals surface area contributed by atoms with E-state index in [1.807, 2.05) is 24.5 Å². The van der Waals surface area contributed by atoms with Crippen LogP contribution in [0, 0.1) is 5.92 Å². The molecule has 6 heterocycles. The fraction of sp³-hybridized carbons (Fsp3) is 0.333. The summed E-state index contributed by atoms with van der Waals surface area (Å²) in [6, 6.07) is 3.89. The molecule has 1 saturated carbocycles. The molecule has 11 nitrogen and oxygen atoms in total. The van der Waals surface area contributed by atoms with E-state index in [2.05, 4.69) is 52.3 Å². The van der Waals surface area contributed by atoms with E-state index in [0.717, 1.165) is 84.3 Å². The highest BCUT2D eigenvalue weighted by molar-refractivity contribution is 5.97. The van der Waals surface area contributed by atoms with Crippen LogP contribution in [0.2, 0.25) is 0 Å². The zero-order valence-electron chi connectivity index (χ0n) is 21.1. The van der Waals surface area contributed by atoms with Crippen molar-refractivity contribution in [2.24, 2.45) is 5.92 Å². The number of likely N-dealkylation sites (N-methyl/N-ethyl adjacent to an activating group) is 1. The van der Waals surface area contributed by atoms with Crippen LogP contribution in [0.3, 0.4) is 0 Å². The molecule has 192 valence electrons. The Hall–Kier alpha value is -4.38. The normalized spacial score (nSPS) is 16.7. The van der Waals surface area contributed by atoms with Crippen LogP contribution in [-0.2, 0) is 4.79 Å². The lowest BCUT2D eigenvalue weighted by atomic mass is 9.85. The number of nitrogens with zero attached hydrogens (tertiary/aromatic N) is 7. The van der Waals surface area contributed by atoms with E-state index in [9.17, 15) is 4.79 Å². The minimum absolute atomic E-state index is 0.0612. The number of nitrogens with one attached hydrogen (secondary N) is 3. The predicted octanol–water partition coefficient (Wildman–Crippen LogP) is 3.45. The second-order valence-electron chi connectivity index (χ2n) is 10.2. The van der Waals surface area contributed by atoms with Gasteiger partial charge in [0.2, 0.25) is 5.91 Å². The number of rotatable bonds is 5. The van der Waals surface area contributed by atoms with Crippen LogP contribution >= 0.6 is 0 Å². The molecule has 11 heteroatoms. The maximum absolute atomic E-state index is 12.4. The Morgan fingerprint density at radius 2 is 1.84 bits per heavy atom. The van der Waals surface area contributed by atoms with Gasteiger partial charge in [-0.25, -0.2) is 4.98 Å². The number of hydrogen-bond acceptors (Lipinski definition) is 8. The van der Waals surface area contributed by atoms with E-state index in [4.69, 9.17) is 4.98 Å². The number of carbonyl (C=O) groups is 1. The van der Waals surface area contributed by atoms with Crippen molar-refractivity contribution in [3.05, 3.63) is 43.1 Å². The van der Waals surface area contributed by atoms with Crippen LogP contribution in [0.25, 0.3) is 44.7 Å². The smallest absolute Gasteiger partial charge is 0.227 e. The van der Waals surface area contributed by atoms with Gasteiger partial charge in [0, 0.05) is 49.2 Å². The molecular weight excluding hydrogens is 480 g/mol. The van der Waals surface area contributed by atoms with Crippen LogP contribution in [0.4, 0.5) is 11.4 Å². The van der Waals surface area contributed by atoms with Gasteiger partial charge in [0.25, 0.3) is 0 Å². The van der Waals surface area contributed by atoms with Gasteiger partial charge in [0.05, 0.1) is 52.9 Å². The molecule has 0 spiro atoms. The summed E-state index contributed by atoms with van der Waals surface area (Å²) < 4.78 is 0. The Morgan fingerprint density at radius 3 is 2.66 bits per heavy atom. The lowest BCUT2D eigenvalue weighted by molar-refractivity contribution is -0.122. The van der Waals surface area contributed by atoms with Crippen molar-refractivity contribution in [1.82, 2.24) is 40.0 Å². The molecule has 1 saturated heterocycles. The number of pyridine rings is 3. The van der Waals surface area contributed by atoms with Crippen LogP contribution in [-0.4, -0.2) is 79.2 Å². The number of aromatic amines is 2. The van der Waals surface area contributed by atoms with Gasteiger partial charge in [0.15, 0.2) is 5.82 Å². The molecule has 5 aromatic heterocycles. The van der Waals surface area contributed by atoms with Gasteiger partial charge in [0.1, 0.15) is 11.2 Å². The summed E-state index contributed by atoms with van der Waals surface area (Å²) in [6.07, 6.45) is 11.9. The average Bonchev–Trinajstić information content (AvgIpc) is 3.52. The average molecular weight is 509 g/mol. The summed E-state index contributed by atoms with van der Waals surface area (Å²) in [6.45, 7) is 3.89. The highest BCUT2D eigenvalue weighted by Crippen LogP contribution is 2.32. The Kier molecular flexibility index (Phi) is 5.50. The summed E-state index contributed by atoms with van der Waals surface area (Å²) >= 11 is 0. The Bertz CT molecular complexity index is 1640. The van der Waals surface area contributed by atoms with Crippen LogP contribution in [0.1, 0.15) is 19.3 Å². The molecule has 3 N–H and O–H groups in total. The van der Waals surface area contributed by atoms with Gasteiger partial charge in [-0.05, 0) is 32.0 Å². The molecule has 1 aliphatic carbocycles. The second-order valence-corrected chi connectivity index (χ2v) is 10.2. The van der Waals surface area contributed by atoms with Gasteiger partial charge in [-0.3, -0.25) is 24.8 Å². The fourth-order valence-corrected chi connectivity index (χ4v) is 5.13. The summed E-state index contributed by atoms with van der Waals surface area (Å²) in [7, 11) is 2.15. The van der Waals surface area contributed by atoms with Gasteiger partial charge in [-0.1, -0.05) is 6.42 Å². The van der Waals surface area contributed by atoms with Crippen LogP contribution < -0.4 is 10.2 Å². The molecule has 0 unspecified atom stereocenters. The Balaban J connectivity index is 1.22. The van der Waals surface area contributed by atoms with Gasteiger partial charge in [-0.15, -0.1) is 0 Å². The number of amides is 1. The predicted molar refractivity (Wildman–Crippen MR) is 146 cm³/mol. The van der Waals surface area contributed by atoms with Crippen molar-refractivity contribution < 1.29 is 4.79 Å². The Labute approximate surface area is 218 Å². The molecular formula is C27H28N10O. The molecule has 38 heavy (non-hydrogen) atoms. The highest BCUT2D eigenvalue weighted by Gasteiger charge is 2.25. The van der Waals surface area contributed by atoms with E-state index in [1.165, 1.54) is 0 Å². The molecule has 2 fully saturated rings. The van der Waals surface area contributed by atoms with Crippen molar-refractivity contribution in [2.75, 3.05) is 43.4 Å². The lowest BCUT2D eigenvalue weighted by Crippen LogP contribution is -2.44. The number of piperazine rings is 1. The van der Waals surface area contributed by atoms with Gasteiger partial charge < -0.3 is 20.1 Å². The minimum Gasteiger partial charge on any atom is -0.366 e. The molecule has 7 rings (SSSR count). The Morgan fingerprint density at radius 1 is 1.00 bits per heavy atom. The SMILES string of the molecule is CN1CCN(c2cncc3[nH]c(-c4n[nH]c5cnc(-c6cncc(NC(=O)C7CCC7)c6)cc45)nc23)CC1. The maximum atomic E-state index is 12.4. The number of anilines is 2. The quantitative estimate of drug-likeness (QED) is 0.329. The first kappa shape index (κ1) is 22.8. The van der Waals surface area contributed by atoms with Gasteiger partial charge >= 0.3 is 0 Å². The third kappa shape index (κ3) is 4.04. The van der Waals surface area contributed by atoms with Crippen molar-refractivity contribution in [2.45, 2.75) is 19.3 Å². The first-order valence-corrected chi connectivity index (χ1v) is 13.0.